The quantitative estimate of drug-likeness (QED) is 0.237. The summed E-state index contributed by atoms with van der Waals surface area (Å²) in [6.07, 6.45) is 36.2. The Morgan fingerprint density at radius 2 is 0.904 bits per heavy atom. The molecule has 7 nitrogen and oxygen atoms in total. The number of rotatable bonds is 9. The number of carbonyl (C=O) groups excluding carboxylic acids is 3. The molecule has 7 heteroatoms. The van der Waals surface area contributed by atoms with E-state index in [2.05, 4.69) is 19.2 Å². The molecule has 1 heterocycles. The van der Waals surface area contributed by atoms with Gasteiger partial charge in [-0.1, -0.05) is 155 Å². The number of likely N-dealkylation sites (N-methyl/N-ethyl adjacent to an activating group) is 1. The Morgan fingerprint density at radius 3 is 1.27 bits per heavy atom. The van der Waals surface area contributed by atoms with Gasteiger partial charge < -0.3 is 19.7 Å². The number of nitrogens with one attached hydrogen (secondary N) is 1. The Bertz CT molecular complexity index is 794. The van der Waals surface area contributed by atoms with E-state index in [1.54, 1.807) is 0 Å². The molecule has 0 spiro atoms. The van der Waals surface area contributed by atoms with Gasteiger partial charge in [0.25, 0.3) is 0 Å². The van der Waals surface area contributed by atoms with Crippen molar-refractivity contribution in [2.75, 3.05) is 33.9 Å². The third-order valence-corrected chi connectivity index (χ3v) is 11.1. The fraction of sp³-hybridized carbons (Fsp3) is 0.933. The van der Waals surface area contributed by atoms with Crippen LogP contribution >= 0.6 is 0 Å². The molecule has 0 aromatic rings. The summed E-state index contributed by atoms with van der Waals surface area (Å²) in [6.45, 7) is 6.04. The van der Waals surface area contributed by atoms with Gasteiger partial charge in [-0.3, -0.25) is 14.4 Å². The first-order valence-corrected chi connectivity index (χ1v) is 22.6. The lowest BCUT2D eigenvalue weighted by Crippen LogP contribution is -2.40. The number of carbonyl (C=O) groups is 3. The van der Waals surface area contributed by atoms with Gasteiger partial charge in [0.1, 0.15) is 0 Å². The number of hydrogen-bond acceptors (Lipinski definition) is 6. The number of esters is 2. The van der Waals surface area contributed by atoms with Gasteiger partial charge >= 0.3 is 11.9 Å². The predicted molar refractivity (Wildman–Crippen MR) is 218 cm³/mol. The van der Waals surface area contributed by atoms with E-state index in [1.807, 2.05) is 19.0 Å². The molecule has 2 atom stereocenters. The van der Waals surface area contributed by atoms with Crippen molar-refractivity contribution in [3.63, 3.8) is 0 Å². The van der Waals surface area contributed by atoms with E-state index in [1.165, 1.54) is 128 Å². The van der Waals surface area contributed by atoms with E-state index >= 15 is 0 Å². The minimum atomic E-state index is -0.00400. The SMILES string of the molecule is CCCCC1CCCCCCC(CCCC)CC(=O)OCCCCCCCCCCC(NC(=O)CN(C)C)CCCCCCCCCCOC(=O)C1. The number of unbranched alkanes of at least 4 members (excludes halogenated alkanes) is 2. The highest BCUT2D eigenvalue weighted by atomic mass is 16.5. The van der Waals surface area contributed by atoms with Gasteiger partial charge in [-0.2, -0.15) is 0 Å². The van der Waals surface area contributed by atoms with E-state index in [9.17, 15) is 14.4 Å². The van der Waals surface area contributed by atoms with E-state index in [0.29, 0.717) is 44.4 Å². The lowest BCUT2D eigenvalue weighted by atomic mass is 9.90. The number of ether oxygens (including phenoxy) is 2. The molecule has 1 aliphatic rings. The van der Waals surface area contributed by atoms with Gasteiger partial charge in [-0.05, 0) is 77.3 Å². The second kappa shape index (κ2) is 35.1. The van der Waals surface area contributed by atoms with Crippen LogP contribution in [0.1, 0.15) is 219 Å². The van der Waals surface area contributed by atoms with Gasteiger partial charge in [-0.25, -0.2) is 0 Å². The Morgan fingerprint density at radius 1 is 0.558 bits per heavy atom. The molecule has 1 saturated heterocycles. The van der Waals surface area contributed by atoms with Gasteiger partial charge in [0.15, 0.2) is 0 Å². The van der Waals surface area contributed by atoms with Crippen LogP contribution in [0.3, 0.4) is 0 Å². The van der Waals surface area contributed by atoms with E-state index < -0.39 is 0 Å². The number of amides is 1. The summed E-state index contributed by atoms with van der Waals surface area (Å²) < 4.78 is 11.4. The summed E-state index contributed by atoms with van der Waals surface area (Å²) in [5.41, 5.74) is 0. The summed E-state index contributed by atoms with van der Waals surface area (Å²) in [4.78, 5) is 39.8. The van der Waals surface area contributed by atoms with Crippen LogP contribution in [0.15, 0.2) is 0 Å². The maximum absolute atomic E-state index is 12.7. The molecule has 1 aliphatic heterocycles. The van der Waals surface area contributed by atoms with Gasteiger partial charge in [-0.15, -0.1) is 0 Å². The Balaban J connectivity index is 2.60. The normalized spacial score (nSPS) is 24.1. The first kappa shape index (κ1) is 48.4. The maximum atomic E-state index is 12.7. The molecule has 0 radical (unpaired) electrons. The molecular formula is C45H86N2O5. The highest BCUT2D eigenvalue weighted by molar-refractivity contribution is 5.78. The lowest BCUT2D eigenvalue weighted by molar-refractivity contribution is -0.146. The summed E-state index contributed by atoms with van der Waals surface area (Å²) in [5, 5.41) is 3.33. The minimum absolute atomic E-state index is 0.00400. The topological polar surface area (TPSA) is 84.9 Å². The fourth-order valence-electron chi connectivity index (χ4n) is 7.82. The zero-order valence-electron chi connectivity index (χ0n) is 35.0. The van der Waals surface area contributed by atoms with Crippen molar-refractivity contribution in [1.29, 1.82) is 0 Å². The average molecular weight is 735 g/mol. The van der Waals surface area contributed by atoms with Gasteiger partial charge in [0, 0.05) is 18.9 Å². The number of cyclic esters (lactones) is 2. The van der Waals surface area contributed by atoms with Crippen LogP contribution in [-0.4, -0.2) is 62.6 Å². The summed E-state index contributed by atoms with van der Waals surface area (Å²) in [5.74, 6) is 1.02. The molecule has 0 aromatic heterocycles. The fourth-order valence-corrected chi connectivity index (χ4v) is 7.82. The molecular weight excluding hydrogens is 649 g/mol. The van der Waals surface area contributed by atoms with Crippen LogP contribution in [0.25, 0.3) is 0 Å². The van der Waals surface area contributed by atoms with Crippen LogP contribution in [0.5, 0.6) is 0 Å². The van der Waals surface area contributed by atoms with Crippen LogP contribution in [0.2, 0.25) is 0 Å². The third-order valence-electron chi connectivity index (χ3n) is 11.1. The summed E-state index contributed by atoms with van der Waals surface area (Å²) >= 11 is 0. The Labute approximate surface area is 322 Å². The highest BCUT2D eigenvalue weighted by Crippen LogP contribution is 2.25. The molecule has 0 saturated carbocycles. The minimum Gasteiger partial charge on any atom is -0.466 e. The van der Waals surface area contributed by atoms with E-state index in [0.717, 1.165) is 64.2 Å². The van der Waals surface area contributed by atoms with Crippen molar-refractivity contribution < 1.29 is 23.9 Å². The Hall–Kier alpha value is -1.63. The maximum Gasteiger partial charge on any atom is 0.306 e. The standard InChI is InChI=1S/C45H86N2O5/c1-5-7-29-40-31-23-19-20-24-32-41(30-8-6-2)38-45(50)52-36-28-22-16-12-10-14-18-26-34-42(46-43(48)39-47(3)4)33-25-17-13-9-11-15-21-27-35-51-44(49)37-40/h40-42H,5-39H2,1-4H3,(H,46,48). The molecule has 1 N–H and O–H groups in total. The predicted octanol–water partition coefficient (Wildman–Crippen LogP) is 11.9. The molecule has 1 rings (SSSR count). The molecule has 0 aliphatic carbocycles. The summed E-state index contributed by atoms with van der Waals surface area (Å²) in [7, 11) is 3.90. The third kappa shape index (κ3) is 30.8. The molecule has 1 fully saturated rings. The molecule has 0 bridgehead atoms. The van der Waals surface area contributed by atoms with Crippen molar-refractivity contribution in [2.45, 2.75) is 225 Å². The van der Waals surface area contributed by atoms with Crippen molar-refractivity contribution >= 4 is 17.8 Å². The second-order valence-corrected chi connectivity index (χ2v) is 16.6. The van der Waals surface area contributed by atoms with Crippen molar-refractivity contribution in [1.82, 2.24) is 10.2 Å². The largest absolute Gasteiger partial charge is 0.466 e. The first-order valence-electron chi connectivity index (χ1n) is 22.6. The highest BCUT2D eigenvalue weighted by Gasteiger charge is 2.17. The zero-order valence-corrected chi connectivity index (χ0v) is 35.0. The molecule has 52 heavy (non-hydrogen) atoms. The van der Waals surface area contributed by atoms with Gasteiger partial charge in [0.05, 0.1) is 19.8 Å². The van der Waals surface area contributed by atoms with E-state index in [4.69, 9.17) is 9.47 Å². The van der Waals surface area contributed by atoms with Crippen LogP contribution in [0, 0.1) is 11.8 Å². The van der Waals surface area contributed by atoms with Crippen molar-refractivity contribution in [2.24, 2.45) is 11.8 Å². The lowest BCUT2D eigenvalue weighted by Gasteiger charge is -2.20. The van der Waals surface area contributed by atoms with E-state index in [-0.39, 0.29) is 23.9 Å². The van der Waals surface area contributed by atoms with Crippen LogP contribution in [-0.2, 0) is 23.9 Å². The monoisotopic (exact) mass is 735 g/mol. The average Bonchev–Trinajstić information content (AvgIpc) is 3.10. The smallest absolute Gasteiger partial charge is 0.306 e. The molecule has 0 aromatic carbocycles. The molecule has 306 valence electrons. The summed E-state index contributed by atoms with van der Waals surface area (Å²) in [6, 6.07) is 0.286. The van der Waals surface area contributed by atoms with Crippen molar-refractivity contribution in [3.8, 4) is 0 Å². The van der Waals surface area contributed by atoms with Crippen LogP contribution in [0.4, 0.5) is 0 Å². The number of nitrogens with zero attached hydrogens (tertiary/aromatic N) is 1. The van der Waals surface area contributed by atoms with Crippen LogP contribution < -0.4 is 5.32 Å². The molecule has 1 amide bonds. The zero-order chi connectivity index (χ0) is 37.9. The van der Waals surface area contributed by atoms with Crippen molar-refractivity contribution in [3.05, 3.63) is 0 Å². The Kier molecular flexibility index (Phi) is 32.7. The second-order valence-electron chi connectivity index (χ2n) is 16.6. The molecule has 2 unspecified atom stereocenters. The van der Waals surface area contributed by atoms with Gasteiger partial charge in [0.2, 0.25) is 5.91 Å². The number of hydrogen-bond donors (Lipinski definition) is 1. The first-order chi connectivity index (χ1) is 25.3.